The van der Waals surface area contributed by atoms with Crippen molar-refractivity contribution in [2.75, 3.05) is 13.1 Å². The molecule has 1 aliphatic rings. The lowest BCUT2D eigenvalue weighted by atomic mass is 10.1. The topological polar surface area (TPSA) is 92.5 Å². The van der Waals surface area contributed by atoms with E-state index in [4.69, 9.17) is 0 Å². The van der Waals surface area contributed by atoms with Crippen molar-refractivity contribution >= 4 is 39.5 Å². The van der Waals surface area contributed by atoms with Gasteiger partial charge in [-0.05, 0) is 48.7 Å². The van der Waals surface area contributed by atoms with E-state index < -0.39 is 10.8 Å². The fourth-order valence-electron chi connectivity index (χ4n) is 3.29. The molecule has 2 aromatic rings. The Kier molecular flexibility index (Phi) is 7.35. The largest absolute Gasteiger partial charge is 0.337 e. The lowest BCUT2D eigenvalue weighted by Crippen LogP contribution is -2.39. The number of hydrogen-bond acceptors (Lipinski definition) is 4. The maximum Gasteiger partial charge on any atom is 0.270 e. The third-order valence-corrected chi connectivity index (χ3v) is 5.40. The molecule has 0 aromatic heterocycles. The molecular weight excluding hydrogens is 450 g/mol. The average molecular weight is 472 g/mol. The average Bonchev–Trinajstić information content (AvgIpc) is 3.03. The van der Waals surface area contributed by atoms with Gasteiger partial charge in [-0.3, -0.25) is 19.7 Å². The fourth-order valence-corrected chi connectivity index (χ4v) is 3.55. The molecule has 0 bridgehead atoms. The van der Waals surface area contributed by atoms with Crippen LogP contribution in [0.2, 0.25) is 0 Å². The van der Waals surface area contributed by atoms with Gasteiger partial charge in [-0.25, -0.2) is 0 Å². The van der Waals surface area contributed by atoms with Gasteiger partial charge in [0.25, 0.3) is 17.5 Å². The first-order chi connectivity index (χ1) is 14.4. The van der Waals surface area contributed by atoms with Gasteiger partial charge in [0.1, 0.15) is 5.70 Å². The maximum atomic E-state index is 13.2. The van der Waals surface area contributed by atoms with Crippen molar-refractivity contribution in [1.29, 1.82) is 0 Å². The normalized spacial score (nSPS) is 14.7. The first-order valence-electron chi connectivity index (χ1n) is 9.76. The highest BCUT2D eigenvalue weighted by Gasteiger charge is 2.22. The number of carbonyl (C=O) groups excluding carboxylic acids is 2. The smallest absolute Gasteiger partial charge is 0.270 e. The van der Waals surface area contributed by atoms with Crippen molar-refractivity contribution in [3.05, 3.63) is 79.9 Å². The molecule has 1 fully saturated rings. The number of hydrogen-bond donors (Lipinski definition) is 1. The number of nitro benzene ring substituents is 1. The zero-order chi connectivity index (χ0) is 21.5. The summed E-state index contributed by atoms with van der Waals surface area (Å²) in [5.41, 5.74) is 0.903. The molecule has 1 saturated heterocycles. The second-order valence-corrected chi connectivity index (χ2v) is 7.99. The minimum absolute atomic E-state index is 0.0791. The first kappa shape index (κ1) is 21.7. The molecule has 7 nitrogen and oxygen atoms in total. The molecule has 1 aliphatic heterocycles. The van der Waals surface area contributed by atoms with Crippen LogP contribution in [0.25, 0.3) is 6.08 Å². The number of nitro groups is 1. The summed E-state index contributed by atoms with van der Waals surface area (Å²) < 4.78 is 0.840. The number of carbonyl (C=O) groups is 2. The summed E-state index contributed by atoms with van der Waals surface area (Å²) in [5.74, 6) is -0.698. The Morgan fingerprint density at radius 2 is 1.70 bits per heavy atom. The molecule has 0 spiro atoms. The molecule has 0 saturated carbocycles. The van der Waals surface area contributed by atoms with Crippen LogP contribution >= 0.6 is 15.9 Å². The quantitative estimate of drug-likeness (QED) is 0.393. The molecule has 1 heterocycles. The second-order valence-electron chi connectivity index (χ2n) is 7.08. The summed E-state index contributed by atoms with van der Waals surface area (Å²) in [5, 5.41) is 13.8. The van der Waals surface area contributed by atoms with Crippen LogP contribution < -0.4 is 5.32 Å². The van der Waals surface area contributed by atoms with Crippen LogP contribution in [0.15, 0.2) is 58.7 Å². The van der Waals surface area contributed by atoms with Gasteiger partial charge in [-0.1, -0.05) is 40.9 Å². The molecule has 3 rings (SSSR count). The van der Waals surface area contributed by atoms with E-state index >= 15 is 0 Å². The van der Waals surface area contributed by atoms with E-state index in [9.17, 15) is 19.7 Å². The number of amides is 2. The zero-order valence-electron chi connectivity index (χ0n) is 16.3. The molecule has 2 aromatic carbocycles. The SMILES string of the molecule is O=C(N/C(=C\c1cccc([N+](=O)[O-])c1)C(=O)N1CCCCCC1)c1ccc(Br)cc1. The minimum Gasteiger partial charge on any atom is -0.337 e. The van der Waals surface area contributed by atoms with Crippen LogP contribution in [0.5, 0.6) is 0 Å². The number of non-ortho nitro benzene ring substituents is 1. The van der Waals surface area contributed by atoms with Gasteiger partial charge in [-0.2, -0.15) is 0 Å². The van der Waals surface area contributed by atoms with Gasteiger partial charge < -0.3 is 10.2 Å². The Bertz CT molecular complexity index is 965. The van der Waals surface area contributed by atoms with E-state index in [2.05, 4.69) is 21.2 Å². The predicted molar refractivity (Wildman–Crippen MR) is 118 cm³/mol. The number of rotatable bonds is 5. The van der Waals surface area contributed by atoms with Gasteiger partial charge in [0.2, 0.25) is 0 Å². The van der Waals surface area contributed by atoms with Gasteiger partial charge in [0, 0.05) is 35.3 Å². The van der Waals surface area contributed by atoms with Crippen LogP contribution in [-0.2, 0) is 4.79 Å². The molecule has 30 heavy (non-hydrogen) atoms. The highest BCUT2D eigenvalue weighted by atomic mass is 79.9. The number of nitrogens with one attached hydrogen (secondary N) is 1. The van der Waals surface area contributed by atoms with Crippen molar-refractivity contribution in [2.45, 2.75) is 25.7 Å². The van der Waals surface area contributed by atoms with E-state index in [1.807, 2.05) is 0 Å². The molecule has 0 aliphatic carbocycles. The third-order valence-electron chi connectivity index (χ3n) is 4.87. The Labute approximate surface area is 183 Å². The molecular formula is C22H22BrN3O4. The molecule has 156 valence electrons. The van der Waals surface area contributed by atoms with Crippen LogP contribution in [0.1, 0.15) is 41.6 Å². The molecule has 0 unspecified atom stereocenters. The van der Waals surface area contributed by atoms with E-state index in [0.29, 0.717) is 24.2 Å². The Hall–Kier alpha value is -3.00. The van der Waals surface area contributed by atoms with Crippen molar-refractivity contribution in [1.82, 2.24) is 10.2 Å². The first-order valence-corrected chi connectivity index (χ1v) is 10.6. The lowest BCUT2D eigenvalue weighted by molar-refractivity contribution is -0.384. The van der Waals surface area contributed by atoms with Gasteiger partial charge in [0.15, 0.2) is 0 Å². The number of nitrogens with zero attached hydrogens (tertiary/aromatic N) is 2. The Balaban J connectivity index is 1.92. The van der Waals surface area contributed by atoms with Crippen LogP contribution in [-0.4, -0.2) is 34.7 Å². The molecule has 2 amide bonds. The van der Waals surface area contributed by atoms with Crippen molar-refractivity contribution < 1.29 is 14.5 Å². The maximum absolute atomic E-state index is 13.2. The Morgan fingerprint density at radius 1 is 1.03 bits per heavy atom. The van der Waals surface area contributed by atoms with E-state index in [-0.39, 0.29) is 17.3 Å². The van der Waals surface area contributed by atoms with Crippen LogP contribution in [0.3, 0.4) is 0 Å². The van der Waals surface area contributed by atoms with Crippen LogP contribution in [0.4, 0.5) is 5.69 Å². The number of benzene rings is 2. The molecule has 1 N–H and O–H groups in total. The predicted octanol–water partition coefficient (Wildman–Crippen LogP) is 4.53. The van der Waals surface area contributed by atoms with E-state index in [0.717, 1.165) is 30.2 Å². The molecule has 0 atom stereocenters. The monoisotopic (exact) mass is 471 g/mol. The Morgan fingerprint density at radius 3 is 2.33 bits per heavy atom. The van der Waals surface area contributed by atoms with Crippen molar-refractivity contribution in [3.8, 4) is 0 Å². The summed E-state index contributed by atoms with van der Waals surface area (Å²) in [7, 11) is 0. The third kappa shape index (κ3) is 5.76. The fraction of sp³-hybridized carbons (Fsp3) is 0.273. The van der Waals surface area contributed by atoms with Gasteiger partial charge in [0.05, 0.1) is 4.92 Å². The molecule has 0 radical (unpaired) electrons. The van der Waals surface area contributed by atoms with E-state index in [1.165, 1.54) is 18.2 Å². The summed E-state index contributed by atoms with van der Waals surface area (Å²) in [6, 6.07) is 12.8. The zero-order valence-corrected chi connectivity index (χ0v) is 17.9. The van der Waals surface area contributed by atoms with Crippen LogP contribution in [0, 0.1) is 10.1 Å². The summed E-state index contributed by atoms with van der Waals surface area (Å²) in [6.45, 7) is 1.25. The summed E-state index contributed by atoms with van der Waals surface area (Å²) in [6.07, 6.45) is 5.46. The van der Waals surface area contributed by atoms with Gasteiger partial charge in [-0.15, -0.1) is 0 Å². The van der Waals surface area contributed by atoms with E-state index in [1.54, 1.807) is 41.3 Å². The number of likely N-dealkylation sites (tertiary alicyclic amines) is 1. The highest BCUT2D eigenvalue weighted by molar-refractivity contribution is 9.10. The molecule has 8 heteroatoms. The lowest BCUT2D eigenvalue weighted by Gasteiger charge is -2.22. The highest BCUT2D eigenvalue weighted by Crippen LogP contribution is 2.18. The second kappa shape index (κ2) is 10.2. The standard InChI is InChI=1S/C22H22BrN3O4/c23-18-10-8-17(9-11-18)21(27)24-20(22(28)25-12-3-1-2-4-13-25)15-16-6-5-7-19(14-16)26(29)30/h5-11,14-15H,1-4,12-13H2,(H,24,27)/b20-15-. The minimum atomic E-state index is -0.492. The number of halogens is 1. The summed E-state index contributed by atoms with van der Waals surface area (Å²) in [4.78, 5) is 38.3. The van der Waals surface area contributed by atoms with Crippen molar-refractivity contribution in [2.24, 2.45) is 0 Å². The summed E-state index contributed by atoms with van der Waals surface area (Å²) >= 11 is 3.33. The van der Waals surface area contributed by atoms with Gasteiger partial charge >= 0.3 is 0 Å². The van der Waals surface area contributed by atoms with Crippen molar-refractivity contribution in [3.63, 3.8) is 0 Å².